The van der Waals surface area contributed by atoms with Crippen LogP contribution in [0.15, 0.2) is 48.5 Å². The minimum absolute atomic E-state index is 0.0794. The molecule has 0 aliphatic heterocycles. The summed E-state index contributed by atoms with van der Waals surface area (Å²) in [6.07, 6.45) is 0.355. The van der Waals surface area contributed by atoms with Gasteiger partial charge in [-0.05, 0) is 62.6 Å². The number of nitrogens with one attached hydrogen (secondary N) is 3. The first-order valence-corrected chi connectivity index (χ1v) is 10.4. The molecule has 2 aromatic rings. The summed E-state index contributed by atoms with van der Waals surface area (Å²) in [6, 6.07) is 14.6. The average Bonchev–Trinajstić information content (AvgIpc) is 2.70. The molecule has 0 aromatic heterocycles. The first kappa shape index (κ1) is 24.2. The fourth-order valence-corrected chi connectivity index (χ4v) is 2.69. The van der Waals surface area contributed by atoms with E-state index < -0.39 is 11.7 Å². The number of aryl methyl sites for hydroxylation is 1. The second kappa shape index (κ2) is 11.4. The van der Waals surface area contributed by atoms with Gasteiger partial charge in [-0.15, -0.1) is 0 Å². The molecule has 2 aromatic carbocycles. The van der Waals surface area contributed by atoms with Crippen LogP contribution in [0.4, 0.5) is 10.5 Å². The van der Waals surface area contributed by atoms with Crippen LogP contribution < -0.4 is 16.0 Å². The molecule has 0 saturated heterocycles. The van der Waals surface area contributed by atoms with E-state index in [2.05, 4.69) is 16.0 Å². The Morgan fingerprint density at radius 1 is 0.871 bits per heavy atom. The van der Waals surface area contributed by atoms with Crippen molar-refractivity contribution < 1.29 is 19.1 Å². The molecule has 3 amide bonds. The fraction of sp³-hybridized carbons (Fsp3) is 0.348. The lowest BCUT2D eigenvalue weighted by molar-refractivity contribution is -0.120. The van der Waals surface area contributed by atoms with Gasteiger partial charge in [-0.2, -0.15) is 0 Å². The van der Waals surface area contributed by atoms with Gasteiger partial charge in [-0.25, -0.2) is 4.79 Å². The molecule has 2 rings (SSSR count). The van der Waals surface area contributed by atoms with Crippen molar-refractivity contribution in [3.05, 3.63) is 64.7 Å². The van der Waals surface area contributed by atoms with E-state index in [1.54, 1.807) is 45.0 Å². The highest BCUT2D eigenvalue weighted by Crippen LogP contribution is 2.13. The molecule has 0 unspecified atom stereocenters. The van der Waals surface area contributed by atoms with E-state index >= 15 is 0 Å². The number of carbonyl (C=O) groups excluding carboxylic acids is 3. The van der Waals surface area contributed by atoms with Crippen LogP contribution in [0.5, 0.6) is 0 Å². The Morgan fingerprint density at radius 2 is 1.48 bits per heavy atom. The smallest absolute Gasteiger partial charge is 0.408 e. The van der Waals surface area contributed by atoms with Gasteiger partial charge in [0.05, 0.1) is 0 Å². The Kier molecular flexibility index (Phi) is 8.88. The standard InChI is InChI=1S/C23H28ClN3O4/c1-23(2,3)31-22(30)26-15-21(29)25-14-17-6-11-19(12-7-17)27-20(28)13-8-16-4-9-18(24)10-5-16/h4-7,9-12H,8,13-15H2,1-3H3,(H,25,29)(H,26,30)(H,27,28). The number of benzene rings is 2. The lowest BCUT2D eigenvalue weighted by Gasteiger charge is -2.19. The molecule has 0 heterocycles. The summed E-state index contributed by atoms with van der Waals surface area (Å²) < 4.78 is 5.07. The van der Waals surface area contributed by atoms with Crippen LogP contribution in [0.1, 0.15) is 38.3 Å². The Morgan fingerprint density at radius 3 is 2.10 bits per heavy atom. The summed E-state index contributed by atoms with van der Waals surface area (Å²) >= 11 is 5.86. The predicted molar refractivity (Wildman–Crippen MR) is 121 cm³/mol. The third-order valence-electron chi connectivity index (χ3n) is 4.07. The quantitative estimate of drug-likeness (QED) is 0.571. The van der Waals surface area contributed by atoms with Crippen LogP contribution in [0.3, 0.4) is 0 Å². The summed E-state index contributed by atoms with van der Waals surface area (Å²) in [5.41, 5.74) is 1.98. The molecule has 0 atom stereocenters. The molecule has 8 heteroatoms. The molecule has 0 aliphatic carbocycles. The molecule has 166 valence electrons. The van der Waals surface area contributed by atoms with Gasteiger partial charge < -0.3 is 20.7 Å². The van der Waals surface area contributed by atoms with Gasteiger partial charge in [-0.3, -0.25) is 9.59 Å². The average molecular weight is 446 g/mol. The maximum Gasteiger partial charge on any atom is 0.408 e. The van der Waals surface area contributed by atoms with Crippen molar-refractivity contribution in [1.82, 2.24) is 10.6 Å². The molecule has 3 N–H and O–H groups in total. The third kappa shape index (κ3) is 10.00. The van der Waals surface area contributed by atoms with Crippen molar-refractivity contribution in [1.29, 1.82) is 0 Å². The lowest BCUT2D eigenvalue weighted by atomic mass is 10.1. The number of anilines is 1. The SMILES string of the molecule is CC(C)(C)OC(=O)NCC(=O)NCc1ccc(NC(=O)CCc2ccc(Cl)cc2)cc1. The van der Waals surface area contributed by atoms with Gasteiger partial charge in [0.1, 0.15) is 12.1 Å². The fourth-order valence-electron chi connectivity index (χ4n) is 2.57. The van der Waals surface area contributed by atoms with E-state index in [1.807, 2.05) is 24.3 Å². The van der Waals surface area contributed by atoms with E-state index in [-0.39, 0.29) is 18.4 Å². The predicted octanol–water partition coefficient (Wildman–Crippen LogP) is 4.05. The van der Waals surface area contributed by atoms with Crippen molar-refractivity contribution in [3.8, 4) is 0 Å². The Bertz CT molecular complexity index is 891. The molecule has 7 nitrogen and oxygen atoms in total. The molecule has 0 saturated carbocycles. The Hall–Kier alpha value is -3.06. The monoisotopic (exact) mass is 445 g/mol. The zero-order valence-electron chi connectivity index (χ0n) is 18.0. The summed E-state index contributed by atoms with van der Waals surface area (Å²) in [4.78, 5) is 35.5. The third-order valence-corrected chi connectivity index (χ3v) is 4.33. The van der Waals surface area contributed by atoms with Gasteiger partial charge in [0.25, 0.3) is 0 Å². The molecule has 0 radical (unpaired) electrons. The normalized spacial score (nSPS) is 10.8. The van der Waals surface area contributed by atoms with Crippen LogP contribution in [0, 0.1) is 0 Å². The number of carbonyl (C=O) groups is 3. The number of hydrogen-bond donors (Lipinski definition) is 3. The summed E-state index contributed by atoms with van der Waals surface area (Å²) in [5, 5.41) is 8.64. The minimum atomic E-state index is -0.640. The topological polar surface area (TPSA) is 96.5 Å². The summed E-state index contributed by atoms with van der Waals surface area (Å²) in [5.74, 6) is -0.408. The second-order valence-corrected chi connectivity index (χ2v) is 8.44. The van der Waals surface area contributed by atoms with Gasteiger partial charge in [0.15, 0.2) is 0 Å². The Balaban J connectivity index is 1.70. The minimum Gasteiger partial charge on any atom is -0.444 e. The largest absolute Gasteiger partial charge is 0.444 e. The van der Waals surface area contributed by atoms with Crippen molar-refractivity contribution in [2.75, 3.05) is 11.9 Å². The van der Waals surface area contributed by atoms with E-state index in [0.717, 1.165) is 11.1 Å². The van der Waals surface area contributed by atoms with Gasteiger partial charge in [0, 0.05) is 23.7 Å². The lowest BCUT2D eigenvalue weighted by Crippen LogP contribution is -2.39. The zero-order valence-corrected chi connectivity index (χ0v) is 18.7. The summed E-state index contributed by atoms with van der Waals surface area (Å²) in [7, 11) is 0. The van der Waals surface area contributed by atoms with Crippen molar-refractivity contribution >= 4 is 35.2 Å². The van der Waals surface area contributed by atoms with Gasteiger partial charge >= 0.3 is 6.09 Å². The maximum absolute atomic E-state index is 12.1. The molecular weight excluding hydrogens is 418 g/mol. The molecule has 0 spiro atoms. The summed E-state index contributed by atoms with van der Waals surface area (Å²) in [6.45, 7) is 5.38. The highest BCUT2D eigenvalue weighted by molar-refractivity contribution is 6.30. The van der Waals surface area contributed by atoms with Crippen LogP contribution in [-0.2, 0) is 27.3 Å². The van der Waals surface area contributed by atoms with E-state index in [1.165, 1.54) is 0 Å². The number of alkyl carbamates (subject to hydrolysis) is 1. The molecule has 0 aliphatic rings. The van der Waals surface area contributed by atoms with Crippen LogP contribution in [0.2, 0.25) is 5.02 Å². The van der Waals surface area contributed by atoms with Gasteiger partial charge in [-0.1, -0.05) is 35.9 Å². The van der Waals surface area contributed by atoms with E-state index in [0.29, 0.717) is 30.1 Å². The van der Waals surface area contributed by atoms with Crippen LogP contribution >= 0.6 is 11.6 Å². The highest BCUT2D eigenvalue weighted by Gasteiger charge is 2.16. The van der Waals surface area contributed by atoms with Crippen LogP contribution in [-0.4, -0.2) is 30.1 Å². The number of amides is 3. The van der Waals surface area contributed by atoms with Gasteiger partial charge in [0.2, 0.25) is 11.8 Å². The second-order valence-electron chi connectivity index (χ2n) is 8.00. The first-order valence-electron chi connectivity index (χ1n) is 9.97. The van der Waals surface area contributed by atoms with E-state index in [4.69, 9.17) is 16.3 Å². The molecule has 0 fully saturated rings. The number of rotatable bonds is 8. The Labute approximate surface area is 187 Å². The number of halogens is 1. The van der Waals surface area contributed by atoms with Crippen LogP contribution in [0.25, 0.3) is 0 Å². The van der Waals surface area contributed by atoms with Crippen molar-refractivity contribution in [2.24, 2.45) is 0 Å². The highest BCUT2D eigenvalue weighted by atomic mass is 35.5. The molecule has 0 bridgehead atoms. The molecular formula is C23H28ClN3O4. The van der Waals surface area contributed by atoms with Crippen molar-refractivity contribution in [3.63, 3.8) is 0 Å². The maximum atomic E-state index is 12.1. The number of ether oxygens (including phenoxy) is 1. The molecule has 31 heavy (non-hydrogen) atoms. The van der Waals surface area contributed by atoms with E-state index in [9.17, 15) is 14.4 Å². The zero-order chi connectivity index (χ0) is 22.9. The first-order chi connectivity index (χ1) is 14.6. The van der Waals surface area contributed by atoms with Crippen molar-refractivity contribution in [2.45, 2.75) is 45.8 Å². The number of hydrogen-bond acceptors (Lipinski definition) is 4.